The molecule has 1 saturated carbocycles. The average Bonchev–Trinajstić information content (AvgIpc) is 3.16. The van der Waals surface area contributed by atoms with Gasteiger partial charge in [-0.3, -0.25) is 29.6 Å². The van der Waals surface area contributed by atoms with Crippen LogP contribution in [0.1, 0.15) is 66.1 Å². The van der Waals surface area contributed by atoms with Crippen LogP contribution in [0.15, 0.2) is 36.5 Å². The quantitative estimate of drug-likeness (QED) is 0.623. The molecule has 2 aromatic rings. The van der Waals surface area contributed by atoms with Crippen molar-refractivity contribution in [2.45, 2.75) is 69.2 Å². The molecule has 188 valence electrons. The molecule has 3 aliphatic heterocycles. The van der Waals surface area contributed by atoms with Crippen molar-refractivity contribution in [3.8, 4) is 5.75 Å². The normalized spacial score (nSPS) is 27.0. The Morgan fingerprint density at radius 3 is 2.64 bits per heavy atom. The number of fused-ring (bicyclic) bond motifs is 1. The maximum atomic E-state index is 13.0. The Bertz CT molecular complexity index is 1200. The Hall–Kier alpha value is -2.97. The monoisotopic (exact) mass is 508 g/mol. The van der Waals surface area contributed by atoms with E-state index < -0.39 is 11.9 Å². The highest BCUT2D eigenvalue weighted by Crippen LogP contribution is 2.36. The molecular formula is C27H29ClN4O4. The number of nitrogens with zero attached hydrogens (tertiary/aromatic N) is 3. The first-order valence-corrected chi connectivity index (χ1v) is 13.1. The van der Waals surface area contributed by atoms with Gasteiger partial charge < -0.3 is 9.64 Å². The maximum Gasteiger partial charge on any atom is 0.255 e. The molecule has 6 rings (SSSR count). The minimum atomic E-state index is -0.607. The highest BCUT2D eigenvalue weighted by atomic mass is 35.5. The van der Waals surface area contributed by atoms with Gasteiger partial charge in [0, 0.05) is 55.5 Å². The number of likely N-dealkylation sites (tertiary alicyclic amines) is 1. The summed E-state index contributed by atoms with van der Waals surface area (Å²) in [5.74, 6) is 0.352. The van der Waals surface area contributed by atoms with Crippen molar-refractivity contribution in [3.05, 3.63) is 58.4 Å². The minimum absolute atomic E-state index is 0.0965. The van der Waals surface area contributed by atoms with E-state index in [2.05, 4.69) is 15.2 Å². The molecule has 8 nitrogen and oxygen atoms in total. The summed E-state index contributed by atoms with van der Waals surface area (Å²) in [7, 11) is 0. The van der Waals surface area contributed by atoms with E-state index in [4.69, 9.17) is 16.3 Å². The molecule has 9 heteroatoms. The predicted octanol–water partition coefficient (Wildman–Crippen LogP) is 3.29. The van der Waals surface area contributed by atoms with E-state index in [9.17, 15) is 14.4 Å². The molecule has 4 heterocycles. The van der Waals surface area contributed by atoms with Gasteiger partial charge in [0.05, 0.1) is 5.02 Å². The van der Waals surface area contributed by atoms with Crippen LogP contribution in [-0.2, 0) is 16.1 Å². The number of carbonyl (C=O) groups is 3. The number of amides is 3. The van der Waals surface area contributed by atoms with Crippen molar-refractivity contribution >= 4 is 29.3 Å². The van der Waals surface area contributed by atoms with E-state index >= 15 is 0 Å². The number of pyridine rings is 1. The van der Waals surface area contributed by atoms with E-state index in [1.54, 1.807) is 11.1 Å². The SMILES string of the molecule is O=C1CCC(N2Cc3cc(OC4CCCC[C@H]4N4CC(c5ccc(Cl)cn5)C4)ccc3C2=O)C(=O)N1. The number of hydrogen-bond donors (Lipinski definition) is 1. The summed E-state index contributed by atoms with van der Waals surface area (Å²) in [5, 5.41) is 3.01. The van der Waals surface area contributed by atoms with E-state index in [-0.39, 0.29) is 24.3 Å². The van der Waals surface area contributed by atoms with Crippen LogP contribution in [0.25, 0.3) is 0 Å². The minimum Gasteiger partial charge on any atom is -0.489 e. The van der Waals surface area contributed by atoms with Gasteiger partial charge in [-0.2, -0.15) is 0 Å². The zero-order valence-corrected chi connectivity index (χ0v) is 20.7. The molecule has 2 saturated heterocycles. The molecule has 0 radical (unpaired) electrons. The molecule has 3 fully saturated rings. The second-order valence-electron chi connectivity index (χ2n) is 10.3. The Balaban J connectivity index is 1.11. The first-order chi connectivity index (χ1) is 17.5. The fraction of sp³-hybridized carbons (Fsp3) is 0.481. The lowest BCUT2D eigenvalue weighted by Gasteiger charge is -2.48. The summed E-state index contributed by atoms with van der Waals surface area (Å²) in [6.07, 6.45) is 6.88. The lowest BCUT2D eigenvalue weighted by molar-refractivity contribution is -0.136. The van der Waals surface area contributed by atoms with E-state index in [1.807, 2.05) is 30.3 Å². The van der Waals surface area contributed by atoms with Gasteiger partial charge in [-0.25, -0.2) is 0 Å². The number of halogens is 1. The van der Waals surface area contributed by atoms with Gasteiger partial charge in [0.1, 0.15) is 17.9 Å². The van der Waals surface area contributed by atoms with Crippen molar-refractivity contribution in [2.75, 3.05) is 13.1 Å². The first-order valence-electron chi connectivity index (χ1n) is 12.8. The van der Waals surface area contributed by atoms with E-state index in [1.165, 1.54) is 6.42 Å². The molecule has 36 heavy (non-hydrogen) atoms. The standard InChI is InChI=1S/C27H29ClN4O4/c28-18-5-8-21(29-12-18)17-13-31(14-17)22-3-1-2-4-24(22)36-19-6-7-20-16(11-19)15-32(27(20)35)23-9-10-25(33)30-26(23)34/h5-8,11-12,17,22-24H,1-4,9-10,13-15H2,(H,30,33,34)/t22-,23?,24?/m1/s1. The van der Waals surface area contributed by atoms with Crippen LogP contribution >= 0.6 is 11.6 Å². The fourth-order valence-electron chi connectivity index (χ4n) is 6.03. The Kier molecular flexibility index (Phi) is 6.17. The molecule has 3 atom stereocenters. The van der Waals surface area contributed by atoms with Crippen LogP contribution in [0.2, 0.25) is 5.02 Å². The summed E-state index contributed by atoms with van der Waals surface area (Å²) < 4.78 is 6.53. The zero-order chi connectivity index (χ0) is 24.8. The smallest absolute Gasteiger partial charge is 0.255 e. The Morgan fingerprint density at radius 1 is 1.03 bits per heavy atom. The number of aromatic nitrogens is 1. The largest absolute Gasteiger partial charge is 0.489 e. The van der Waals surface area contributed by atoms with Crippen LogP contribution in [-0.4, -0.2) is 63.8 Å². The number of ether oxygens (including phenoxy) is 1. The molecule has 4 aliphatic rings. The molecule has 2 unspecified atom stereocenters. The number of rotatable bonds is 5. The highest BCUT2D eigenvalue weighted by molar-refractivity contribution is 6.30. The summed E-state index contributed by atoms with van der Waals surface area (Å²) in [6, 6.07) is 9.29. The second-order valence-corrected chi connectivity index (χ2v) is 10.7. The summed E-state index contributed by atoms with van der Waals surface area (Å²) in [4.78, 5) is 45.4. The number of hydrogen-bond acceptors (Lipinski definition) is 6. The highest BCUT2D eigenvalue weighted by Gasteiger charge is 2.41. The molecule has 0 spiro atoms. The number of nitrogens with one attached hydrogen (secondary N) is 1. The van der Waals surface area contributed by atoms with Gasteiger partial charge in [-0.1, -0.05) is 18.0 Å². The number of imide groups is 1. The van der Waals surface area contributed by atoms with Crippen molar-refractivity contribution in [2.24, 2.45) is 0 Å². The van der Waals surface area contributed by atoms with Gasteiger partial charge in [0.25, 0.3) is 5.91 Å². The Labute approximate surface area is 214 Å². The molecule has 1 aromatic heterocycles. The summed E-state index contributed by atoms with van der Waals surface area (Å²) in [5.41, 5.74) is 2.56. The molecule has 1 aromatic carbocycles. The third kappa shape index (κ3) is 4.37. The third-order valence-electron chi connectivity index (χ3n) is 8.00. The molecule has 1 aliphatic carbocycles. The van der Waals surface area contributed by atoms with Crippen LogP contribution in [0.3, 0.4) is 0 Å². The topological polar surface area (TPSA) is 91.8 Å². The van der Waals surface area contributed by atoms with Gasteiger partial charge >= 0.3 is 0 Å². The van der Waals surface area contributed by atoms with Crippen molar-refractivity contribution < 1.29 is 19.1 Å². The molecular weight excluding hydrogens is 480 g/mol. The lowest BCUT2D eigenvalue weighted by atomic mass is 9.85. The second kappa shape index (κ2) is 9.48. The first kappa shape index (κ1) is 23.4. The van der Waals surface area contributed by atoms with Gasteiger partial charge in [-0.05, 0) is 61.6 Å². The van der Waals surface area contributed by atoms with Crippen molar-refractivity contribution in [3.63, 3.8) is 0 Å². The lowest BCUT2D eigenvalue weighted by Crippen LogP contribution is -2.57. The number of benzene rings is 1. The number of carbonyl (C=O) groups excluding carboxylic acids is 3. The molecule has 0 bridgehead atoms. The van der Waals surface area contributed by atoms with Crippen LogP contribution in [0.4, 0.5) is 0 Å². The maximum absolute atomic E-state index is 13.0. The summed E-state index contributed by atoms with van der Waals surface area (Å²) in [6.45, 7) is 2.30. The van der Waals surface area contributed by atoms with Gasteiger partial charge in [-0.15, -0.1) is 0 Å². The van der Waals surface area contributed by atoms with Gasteiger partial charge in [0.2, 0.25) is 11.8 Å². The van der Waals surface area contributed by atoms with E-state index in [0.717, 1.165) is 49.4 Å². The van der Waals surface area contributed by atoms with Crippen LogP contribution in [0.5, 0.6) is 5.75 Å². The predicted molar refractivity (Wildman–Crippen MR) is 133 cm³/mol. The van der Waals surface area contributed by atoms with Crippen LogP contribution < -0.4 is 10.1 Å². The Morgan fingerprint density at radius 2 is 1.86 bits per heavy atom. The third-order valence-corrected chi connectivity index (χ3v) is 8.22. The zero-order valence-electron chi connectivity index (χ0n) is 20.0. The van der Waals surface area contributed by atoms with E-state index in [0.29, 0.717) is 35.5 Å². The fourth-order valence-corrected chi connectivity index (χ4v) is 6.14. The van der Waals surface area contributed by atoms with Crippen molar-refractivity contribution in [1.29, 1.82) is 0 Å². The molecule has 3 amide bonds. The summed E-state index contributed by atoms with van der Waals surface area (Å²) >= 11 is 5.99. The average molecular weight is 509 g/mol. The molecule has 1 N–H and O–H groups in total. The van der Waals surface area contributed by atoms with Gasteiger partial charge in [0.15, 0.2) is 0 Å². The number of piperidine rings is 1. The van der Waals surface area contributed by atoms with Crippen molar-refractivity contribution in [1.82, 2.24) is 20.1 Å². The van der Waals surface area contributed by atoms with Crippen LogP contribution in [0, 0.1) is 0 Å².